The number of hydrogen-bond donors (Lipinski definition) is 1. The Morgan fingerprint density at radius 2 is 2.21 bits per heavy atom. The SMILES string of the molecule is CCc1sc2ccc(SC)cc2c1N. The molecular formula is C11H13NS2. The molecule has 0 saturated heterocycles. The van der Waals surface area contributed by atoms with Crippen molar-refractivity contribution in [1.82, 2.24) is 0 Å². The van der Waals surface area contributed by atoms with Gasteiger partial charge in [-0.25, -0.2) is 0 Å². The summed E-state index contributed by atoms with van der Waals surface area (Å²) in [7, 11) is 0. The van der Waals surface area contributed by atoms with Gasteiger partial charge in [-0.3, -0.25) is 0 Å². The summed E-state index contributed by atoms with van der Waals surface area (Å²) in [6.45, 7) is 2.15. The van der Waals surface area contributed by atoms with E-state index in [0.29, 0.717) is 0 Å². The Hall–Kier alpha value is -0.670. The van der Waals surface area contributed by atoms with E-state index in [-0.39, 0.29) is 0 Å². The lowest BCUT2D eigenvalue weighted by molar-refractivity contribution is 1.19. The smallest absolute Gasteiger partial charge is 0.0535 e. The van der Waals surface area contributed by atoms with E-state index in [0.717, 1.165) is 12.1 Å². The summed E-state index contributed by atoms with van der Waals surface area (Å²) >= 11 is 3.57. The molecule has 0 radical (unpaired) electrons. The van der Waals surface area contributed by atoms with Crippen LogP contribution in [0, 0.1) is 0 Å². The van der Waals surface area contributed by atoms with E-state index in [4.69, 9.17) is 5.73 Å². The average Bonchev–Trinajstić information content (AvgIpc) is 2.55. The van der Waals surface area contributed by atoms with Crippen molar-refractivity contribution in [2.24, 2.45) is 0 Å². The van der Waals surface area contributed by atoms with Gasteiger partial charge in [-0.15, -0.1) is 23.1 Å². The fourth-order valence-corrected chi connectivity index (χ4v) is 3.02. The van der Waals surface area contributed by atoms with E-state index in [1.807, 2.05) is 11.3 Å². The molecular weight excluding hydrogens is 210 g/mol. The summed E-state index contributed by atoms with van der Waals surface area (Å²) in [5.41, 5.74) is 7.05. The summed E-state index contributed by atoms with van der Waals surface area (Å²) in [5, 5.41) is 1.22. The minimum Gasteiger partial charge on any atom is -0.397 e. The highest BCUT2D eigenvalue weighted by Gasteiger charge is 2.07. The first-order valence-corrected chi connectivity index (χ1v) is 6.65. The van der Waals surface area contributed by atoms with Crippen LogP contribution in [0.4, 0.5) is 5.69 Å². The predicted octanol–water partition coefficient (Wildman–Crippen LogP) is 3.77. The van der Waals surface area contributed by atoms with Crippen LogP contribution >= 0.6 is 23.1 Å². The van der Waals surface area contributed by atoms with E-state index < -0.39 is 0 Å². The van der Waals surface area contributed by atoms with E-state index in [1.165, 1.54) is 19.9 Å². The third-order valence-electron chi connectivity index (χ3n) is 2.33. The molecule has 1 nitrogen and oxygen atoms in total. The van der Waals surface area contributed by atoms with Crippen LogP contribution in [0.1, 0.15) is 11.8 Å². The van der Waals surface area contributed by atoms with Gasteiger partial charge in [-0.2, -0.15) is 0 Å². The molecule has 1 aromatic carbocycles. The van der Waals surface area contributed by atoms with E-state index in [2.05, 4.69) is 31.4 Å². The van der Waals surface area contributed by atoms with Gasteiger partial charge in [0.1, 0.15) is 0 Å². The van der Waals surface area contributed by atoms with Crippen LogP contribution in [0.15, 0.2) is 23.1 Å². The van der Waals surface area contributed by atoms with Gasteiger partial charge in [0.25, 0.3) is 0 Å². The third-order valence-corrected chi connectivity index (χ3v) is 4.39. The van der Waals surface area contributed by atoms with Crippen molar-refractivity contribution in [3.63, 3.8) is 0 Å². The van der Waals surface area contributed by atoms with Gasteiger partial charge in [-0.05, 0) is 30.9 Å². The number of fused-ring (bicyclic) bond motifs is 1. The Balaban J connectivity index is 2.68. The molecule has 74 valence electrons. The molecule has 0 amide bonds. The van der Waals surface area contributed by atoms with Crippen LogP contribution in [0.3, 0.4) is 0 Å². The fourth-order valence-electron chi connectivity index (χ4n) is 1.54. The van der Waals surface area contributed by atoms with Gasteiger partial charge in [0.2, 0.25) is 0 Å². The minimum absolute atomic E-state index is 0.975. The number of thioether (sulfide) groups is 1. The van der Waals surface area contributed by atoms with Gasteiger partial charge in [0.15, 0.2) is 0 Å². The Morgan fingerprint density at radius 3 is 2.86 bits per heavy atom. The molecule has 0 aliphatic carbocycles. The standard InChI is InChI=1S/C11H13NS2/c1-3-9-11(12)8-6-7(13-2)4-5-10(8)14-9/h4-6H,3,12H2,1-2H3. The Kier molecular flexibility index (Phi) is 2.70. The highest BCUT2D eigenvalue weighted by atomic mass is 32.2. The van der Waals surface area contributed by atoms with Crippen molar-refractivity contribution in [2.45, 2.75) is 18.2 Å². The highest BCUT2D eigenvalue weighted by Crippen LogP contribution is 2.35. The summed E-state index contributed by atoms with van der Waals surface area (Å²) in [6.07, 6.45) is 3.12. The van der Waals surface area contributed by atoms with Crippen molar-refractivity contribution >= 4 is 38.9 Å². The monoisotopic (exact) mass is 223 g/mol. The molecule has 0 aliphatic rings. The molecule has 2 rings (SSSR count). The van der Waals surface area contributed by atoms with E-state index >= 15 is 0 Å². The van der Waals surface area contributed by atoms with E-state index in [9.17, 15) is 0 Å². The van der Waals surface area contributed by atoms with Crippen molar-refractivity contribution in [3.8, 4) is 0 Å². The molecule has 1 aromatic heterocycles. The molecule has 0 saturated carbocycles. The van der Waals surface area contributed by atoms with Gasteiger partial charge in [0.05, 0.1) is 5.69 Å². The lowest BCUT2D eigenvalue weighted by Gasteiger charge is -1.97. The highest BCUT2D eigenvalue weighted by molar-refractivity contribution is 7.98. The number of aryl methyl sites for hydroxylation is 1. The maximum absolute atomic E-state index is 6.07. The van der Waals surface area contributed by atoms with Crippen molar-refractivity contribution in [3.05, 3.63) is 23.1 Å². The first kappa shape index (κ1) is 9.87. The van der Waals surface area contributed by atoms with Crippen LogP contribution in [-0.4, -0.2) is 6.26 Å². The average molecular weight is 223 g/mol. The lowest BCUT2D eigenvalue weighted by Crippen LogP contribution is -1.86. The second kappa shape index (κ2) is 3.83. The molecule has 0 fully saturated rings. The number of nitrogens with two attached hydrogens (primary N) is 1. The van der Waals surface area contributed by atoms with Gasteiger partial charge >= 0.3 is 0 Å². The molecule has 0 unspecified atom stereocenters. The lowest BCUT2D eigenvalue weighted by atomic mass is 10.2. The van der Waals surface area contributed by atoms with Gasteiger partial charge in [0, 0.05) is 19.9 Å². The molecule has 0 spiro atoms. The number of rotatable bonds is 2. The van der Waals surface area contributed by atoms with Crippen LogP contribution in [-0.2, 0) is 6.42 Å². The number of anilines is 1. The van der Waals surface area contributed by atoms with Crippen LogP contribution in [0.5, 0.6) is 0 Å². The normalized spacial score (nSPS) is 11.0. The fraction of sp³-hybridized carbons (Fsp3) is 0.273. The molecule has 3 heteroatoms. The first-order valence-electron chi connectivity index (χ1n) is 4.61. The summed E-state index contributed by atoms with van der Waals surface area (Å²) in [4.78, 5) is 2.59. The van der Waals surface area contributed by atoms with Crippen molar-refractivity contribution < 1.29 is 0 Å². The quantitative estimate of drug-likeness (QED) is 0.784. The van der Waals surface area contributed by atoms with Crippen LogP contribution in [0.25, 0.3) is 10.1 Å². The third kappa shape index (κ3) is 1.51. The zero-order valence-electron chi connectivity index (χ0n) is 8.33. The number of hydrogen-bond acceptors (Lipinski definition) is 3. The zero-order chi connectivity index (χ0) is 10.1. The Bertz CT molecular complexity index is 460. The second-order valence-corrected chi connectivity index (χ2v) is 5.17. The number of thiophene rings is 1. The predicted molar refractivity (Wildman–Crippen MR) is 67.4 cm³/mol. The zero-order valence-corrected chi connectivity index (χ0v) is 9.97. The molecule has 0 bridgehead atoms. The van der Waals surface area contributed by atoms with Gasteiger partial charge < -0.3 is 5.73 Å². The van der Waals surface area contributed by atoms with E-state index in [1.54, 1.807) is 11.8 Å². The molecule has 0 atom stereocenters. The summed E-state index contributed by atoms with van der Waals surface area (Å²) in [6, 6.07) is 6.51. The maximum atomic E-state index is 6.07. The first-order chi connectivity index (χ1) is 6.76. The molecule has 2 aromatic rings. The van der Waals surface area contributed by atoms with Crippen molar-refractivity contribution in [1.29, 1.82) is 0 Å². The maximum Gasteiger partial charge on any atom is 0.0535 e. The number of nitrogen functional groups attached to an aromatic ring is 1. The molecule has 14 heavy (non-hydrogen) atoms. The molecule has 1 heterocycles. The van der Waals surface area contributed by atoms with Crippen molar-refractivity contribution in [2.75, 3.05) is 12.0 Å². The largest absolute Gasteiger partial charge is 0.397 e. The van der Waals surface area contributed by atoms with Crippen LogP contribution in [0.2, 0.25) is 0 Å². The summed E-state index contributed by atoms with van der Waals surface area (Å²) in [5.74, 6) is 0. The molecule has 0 aliphatic heterocycles. The number of benzene rings is 1. The van der Waals surface area contributed by atoms with Crippen LogP contribution < -0.4 is 5.73 Å². The topological polar surface area (TPSA) is 26.0 Å². The molecule has 2 N–H and O–H groups in total. The summed E-state index contributed by atoms with van der Waals surface area (Å²) < 4.78 is 1.30. The Morgan fingerprint density at radius 1 is 1.43 bits per heavy atom. The second-order valence-electron chi connectivity index (χ2n) is 3.15. The Labute approximate surface area is 92.3 Å². The minimum atomic E-state index is 0.975. The van der Waals surface area contributed by atoms with Gasteiger partial charge in [-0.1, -0.05) is 6.92 Å².